The number of rotatable bonds is 1. The molecule has 0 saturated carbocycles. The van der Waals surface area contributed by atoms with E-state index < -0.39 is 41.4 Å². The van der Waals surface area contributed by atoms with E-state index >= 15 is 0 Å². The molecule has 0 aromatic heterocycles. The van der Waals surface area contributed by atoms with Gasteiger partial charge in [-0.1, -0.05) is 0 Å². The first kappa shape index (κ1) is 13.6. The zero-order valence-corrected chi connectivity index (χ0v) is 8.02. The molecule has 0 unspecified atom stereocenters. The maximum absolute atomic E-state index is 12.3. The van der Waals surface area contributed by atoms with Gasteiger partial charge in [0.05, 0.1) is 17.7 Å². The molecular formula is C9H6F6O2. The van der Waals surface area contributed by atoms with Gasteiger partial charge in [0.1, 0.15) is 5.75 Å². The van der Waals surface area contributed by atoms with Crippen LogP contribution in [0, 0.1) is 0 Å². The van der Waals surface area contributed by atoms with Crippen molar-refractivity contribution in [3.05, 3.63) is 28.8 Å². The van der Waals surface area contributed by atoms with Crippen LogP contribution in [0.1, 0.15) is 16.7 Å². The Bertz CT molecular complexity index is 385. The van der Waals surface area contributed by atoms with E-state index in [9.17, 15) is 26.3 Å². The molecule has 0 saturated heterocycles. The zero-order valence-electron chi connectivity index (χ0n) is 8.02. The van der Waals surface area contributed by atoms with Crippen LogP contribution in [0.15, 0.2) is 12.1 Å². The lowest BCUT2D eigenvalue weighted by Crippen LogP contribution is -2.12. The lowest BCUT2D eigenvalue weighted by molar-refractivity contribution is -0.145. The van der Waals surface area contributed by atoms with Gasteiger partial charge < -0.3 is 10.2 Å². The summed E-state index contributed by atoms with van der Waals surface area (Å²) in [6.45, 7) is -0.994. The Labute approximate surface area is 91.1 Å². The van der Waals surface area contributed by atoms with Crippen molar-refractivity contribution < 1.29 is 36.6 Å². The SMILES string of the molecule is OCc1cc(C(F)(F)F)c(O)c(C(F)(F)F)c1. The Morgan fingerprint density at radius 2 is 1.24 bits per heavy atom. The number of phenolic OH excluding ortho intramolecular Hbond substituents is 1. The smallest absolute Gasteiger partial charge is 0.419 e. The van der Waals surface area contributed by atoms with Crippen LogP contribution in [0.3, 0.4) is 0 Å². The van der Waals surface area contributed by atoms with Crippen molar-refractivity contribution >= 4 is 0 Å². The molecule has 0 heterocycles. The van der Waals surface area contributed by atoms with Crippen LogP contribution in [-0.4, -0.2) is 10.2 Å². The van der Waals surface area contributed by atoms with Crippen molar-refractivity contribution in [2.75, 3.05) is 0 Å². The molecule has 1 rings (SSSR count). The number of phenols is 1. The maximum Gasteiger partial charge on any atom is 0.419 e. The number of aliphatic hydroxyl groups excluding tert-OH is 1. The van der Waals surface area contributed by atoms with Crippen LogP contribution in [0.25, 0.3) is 0 Å². The number of benzene rings is 1. The molecule has 1 aromatic carbocycles. The molecule has 0 atom stereocenters. The highest BCUT2D eigenvalue weighted by atomic mass is 19.4. The number of halogens is 6. The van der Waals surface area contributed by atoms with Gasteiger partial charge in [-0.2, -0.15) is 26.3 Å². The van der Waals surface area contributed by atoms with Gasteiger partial charge in [0, 0.05) is 0 Å². The predicted molar refractivity (Wildman–Crippen MR) is 44.0 cm³/mol. The Morgan fingerprint density at radius 3 is 1.47 bits per heavy atom. The fourth-order valence-electron chi connectivity index (χ4n) is 1.22. The highest BCUT2D eigenvalue weighted by Crippen LogP contribution is 2.44. The Kier molecular flexibility index (Phi) is 3.28. The van der Waals surface area contributed by atoms with E-state index in [4.69, 9.17) is 10.2 Å². The van der Waals surface area contributed by atoms with Crippen molar-refractivity contribution in [3.8, 4) is 5.75 Å². The number of aliphatic hydroxyl groups is 1. The second-order valence-corrected chi connectivity index (χ2v) is 3.19. The zero-order chi connectivity index (χ0) is 13.4. The van der Waals surface area contributed by atoms with E-state index in [2.05, 4.69) is 0 Å². The molecule has 17 heavy (non-hydrogen) atoms. The highest BCUT2D eigenvalue weighted by molar-refractivity contribution is 5.46. The predicted octanol–water partition coefficient (Wildman–Crippen LogP) is 2.92. The van der Waals surface area contributed by atoms with Crippen molar-refractivity contribution in [3.63, 3.8) is 0 Å². The minimum atomic E-state index is -5.13. The summed E-state index contributed by atoms with van der Waals surface area (Å²) in [4.78, 5) is 0. The van der Waals surface area contributed by atoms with Crippen molar-refractivity contribution in [2.45, 2.75) is 19.0 Å². The number of hydrogen-bond acceptors (Lipinski definition) is 2. The largest absolute Gasteiger partial charge is 0.507 e. The molecule has 0 aliphatic rings. The van der Waals surface area contributed by atoms with Crippen LogP contribution in [-0.2, 0) is 19.0 Å². The standard InChI is InChI=1S/C9H6F6O2/c10-8(11,12)5-1-4(3-16)2-6(7(5)17)9(13,14)15/h1-2,16-17H,3H2. The van der Waals surface area contributed by atoms with Crippen LogP contribution in [0.5, 0.6) is 5.75 Å². The lowest BCUT2D eigenvalue weighted by Gasteiger charge is -2.16. The van der Waals surface area contributed by atoms with E-state index in [1.807, 2.05) is 0 Å². The van der Waals surface area contributed by atoms with Gasteiger partial charge in [0.25, 0.3) is 0 Å². The number of aromatic hydroxyl groups is 1. The Morgan fingerprint density at radius 1 is 0.882 bits per heavy atom. The van der Waals surface area contributed by atoms with E-state index in [1.54, 1.807) is 0 Å². The van der Waals surface area contributed by atoms with Gasteiger partial charge in [-0.3, -0.25) is 0 Å². The monoisotopic (exact) mass is 260 g/mol. The fraction of sp³-hybridized carbons (Fsp3) is 0.333. The molecule has 2 N–H and O–H groups in total. The molecule has 0 aliphatic heterocycles. The second kappa shape index (κ2) is 4.10. The summed E-state index contributed by atoms with van der Waals surface area (Å²) in [5, 5.41) is 17.6. The van der Waals surface area contributed by atoms with Gasteiger partial charge in [0.15, 0.2) is 0 Å². The Balaban J connectivity index is 3.53. The molecule has 0 spiro atoms. The molecule has 1 aromatic rings. The van der Waals surface area contributed by atoms with Crippen molar-refractivity contribution in [1.82, 2.24) is 0 Å². The lowest BCUT2D eigenvalue weighted by atomic mass is 10.0. The Hall–Kier alpha value is -1.44. The van der Waals surface area contributed by atoms with Crippen LogP contribution in [0.2, 0.25) is 0 Å². The molecule has 0 fully saturated rings. The third-order valence-electron chi connectivity index (χ3n) is 1.96. The number of alkyl halides is 6. The van der Waals surface area contributed by atoms with Gasteiger partial charge in [-0.05, 0) is 17.7 Å². The van der Waals surface area contributed by atoms with Gasteiger partial charge in [-0.15, -0.1) is 0 Å². The maximum atomic E-state index is 12.3. The first-order valence-corrected chi connectivity index (χ1v) is 4.18. The molecule has 8 heteroatoms. The van der Waals surface area contributed by atoms with Crippen LogP contribution >= 0.6 is 0 Å². The third kappa shape index (κ3) is 2.82. The van der Waals surface area contributed by atoms with Crippen LogP contribution in [0.4, 0.5) is 26.3 Å². The molecule has 2 nitrogen and oxygen atoms in total. The van der Waals surface area contributed by atoms with E-state index in [0.29, 0.717) is 0 Å². The van der Waals surface area contributed by atoms with Crippen molar-refractivity contribution in [2.24, 2.45) is 0 Å². The summed E-state index contributed by atoms with van der Waals surface area (Å²) in [6.07, 6.45) is -10.3. The average molecular weight is 260 g/mol. The molecule has 0 aliphatic carbocycles. The van der Waals surface area contributed by atoms with Gasteiger partial charge in [-0.25, -0.2) is 0 Å². The summed E-state index contributed by atoms with van der Waals surface area (Å²) in [5.41, 5.74) is -4.23. The minimum Gasteiger partial charge on any atom is -0.507 e. The number of hydrogen-bond donors (Lipinski definition) is 2. The molecular weight excluding hydrogens is 254 g/mol. The van der Waals surface area contributed by atoms with Gasteiger partial charge in [0.2, 0.25) is 0 Å². The summed E-state index contributed by atoms with van der Waals surface area (Å²) in [6, 6.07) is 0.537. The van der Waals surface area contributed by atoms with Crippen LogP contribution < -0.4 is 0 Å². The average Bonchev–Trinajstić information content (AvgIpc) is 2.14. The second-order valence-electron chi connectivity index (χ2n) is 3.19. The van der Waals surface area contributed by atoms with E-state index in [1.165, 1.54) is 0 Å². The normalized spacial score (nSPS) is 12.9. The first-order valence-electron chi connectivity index (χ1n) is 4.18. The third-order valence-corrected chi connectivity index (χ3v) is 1.96. The summed E-state index contributed by atoms with van der Waals surface area (Å²) in [5.74, 6) is -1.89. The molecule has 0 radical (unpaired) electrons. The quantitative estimate of drug-likeness (QED) is 0.762. The molecule has 0 amide bonds. The summed E-state index contributed by atoms with van der Waals surface area (Å²) in [7, 11) is 0. The fourth-order valence-corrected chi connectivity index (χ4v) is 1.22. The summed E-state index contributed by atoms with van der Waals surface area (Å²) >= 11 is 0. The molecule has 0 bridgehead atoms. The first-order chi connectivity index (χ1) is 7.57. The minimum absolute atomic E-state index is 0.268. The van der Waals surface area contributed by atoms with E-state index in [-0.39, 0.29) is 12.1 Å². The van der Waals surface area contributed by atoms with Crippen molar-refractivity contribution in [1.29, 1.82) is 0 Å². The topological polar surface area (TPSA) is 40.5 Å². The molecule has 96 valence electrons. The van der Waals surface area contributed by atoms with E-state index in [0.717, 1.165) is 0 Å². The summed E-state index contributed by atoms with van der Waals surface area (Å²) < 4.78 is 73.9. The highest BCUT2D eigenvalue weighted by Gasteiger charge is 2.41. The van der Waals surface area contributed by atoms with Gasteiger partial charge >= 0.3 is 12.4 Å².